The van der Waals surface area contributed by atoms with Crippen molar-refractivity contribution in [2.45, 2.75) is 26.2 Å². The number of likely N-dealkylation sites (tertiary alicyclic amines) is 1. The van der Waals surface area contributed by atoms with Crippen LogP contribution >= 0.6 is 0 Å². The minimum absolute atomic E-state index is 0.630. The molecule has 0 radical (unpaired) electrons. The molecule has 0 bridgehead atoms. The summed E-state index contributed by atoms with van der Waals surface area (Å²) in [5, 5.41) is 0. The van der Waals surface area contributed by atoms with Crippen molar-refractivity contribution < 1.29 is 9.47 Å². The van der Waals surface area contributed by atoms with Gasteiger partial charge in [0.05, 0.1) is 13.2 Å². The molecule has 0 amide bonds. The molecule has 1 aromatic rings. The summed E-state index contributed by atoms with van der Waals surface area (Å²) in [4.78, 5) is 2.49. The predicted molar refractivity (Wildman–Crippen MR) is 77.8 cm³/mol. The van der Waals surface area contributed by atoms with Crippen molar-refractivity contribution in [2.75, 3.05) is 39.5 Å². The first kappa shape index (κ1) is 14.4. The molecule has 2 rings (SSSR count). The van der Waals surface area contributed by atoms with Gasteiger partial charge in [-0.2, -0.15) is 0 Å². The van der Waals surface area contributed by atoms with Gasteiger partial charge in [0, 0.05) is 6.54 Å². The number of piperidine rings is 1. The van der Waals surface area contributed by atoms with Crippen molar-refractivity contribution >= 4 is 0 Å². The summed E-state index contributed by atoms with van der Waals surface area (Å²) in [5.41, 5.74) is 1.18. The fourth-order valence-corrected chi connectivity index (χ4v) is 2.41. The molecule has 0 aromatic heterocycles. The highest BCUT2D eigenvalue weighted by atomic mass is 16.5. The molecule has 1 heterocycles. The monoisotopic (exact) mass is 263 g/mol. The van der Waals surface area contributed by atoms with Crippen LogP contribution in [0.15, 0.2) is 24.3 Å². The zero-order valence-corrected chi connectivity index (χ0v) is 11.9. The van der Waals surface area contributed by atoms with Crippen molar-refractivity contribution in [1.82, 2.24) is 4.90 Å². The third-order valence-corrected chi connectivity index (χ3v) is 3.58. The minimum Gasteiger partial charge on any atom is -0.491 e. The van der Waals surface area contributed by atoms with E-state index in [0.29, 0.717) is 13.2 Å². The minimum atomic E-state index is 0.630. The topological polar surface area (TPSA) is 21.7 Å². The molecule has 1 fully saturated rings. The van der Waals surface area contributed by atoms with Crippen molar-refractivity contribution in [3.63, 3.8) is 0 Å². The van der Waals surface area contributed by atoms with E-state index in [2.05, 4.69) is 17.9 Å². The van der Waals surface area contributed by atoms with E-state index in [9.17, 15) is 0 Å². The Morgan fingerprint density at radius 2 is 1.79 bits per heavy atom. The van der Waals surface area contributed by atoms with Crippen LogP contribution in [0.2, 0.25) is 0 Å². The number of ether oxygens (including phenoxy) is 2. The summed E-state index contributed by atoms with van der Waals surface area (Å²) in [6.07, 6.45) is 4.08. The Morgan fingerprint density at radius 1 is 1.00 bits per heavy atom. The van der Waals surface area contributed by atoms with E-state index in [1.807, 2.05) is 18.2 Å². The average Bonchev–Trinajstić information content (AvgIpc) is 2.45. The third-order valence-electron chi connectivity index (χ3n) is 3.58. The van der Waals surface area contributed by atoms with E-state index in [1.165, 1.54) is 37.9 Å². The maximum absolute atomic E-state index is 5.69. The molecule has 0 spiro atoms. The van der Waals surface area contributed by atoms with Crippen LogP contribution in [0.4, 0.5) is 0 Å². The summed E-state index contributed by atoms with van der Waals surface area (Å²) < 4.78 is 11.3. The molecule has 106 valence electrons. The lowest BCUT2D eigenvalue weighted by Crippen LogP contribution is -2.32. The van der Waals surface area contributed by atoms with Crippen molar-refractivity contribution in [1.29, 1.82) is 0 Å². The molecule has 1 aliphatic heterocycles. The van der Waals surface area contributed by atoms with Crippen LogP contribution in [0.5, 0.6) is 5.75 Å². The van der Waals surface area contributed by atoms with E-state index in [1.54, 1.807) is 0 Å². The molecule has 0 atom stereocenters. The largest absolute Gasteiger partial charge is 0.491 e. The zero-order chi connectivity index (χ0) is 13.3. The number of para-hydroxylation sites is 1. The Balaban J connectivity index is 1.51. The second kappa shape index (κ2) is 8.18. The van der Waals surface area contributed by atoms with E-state index in [0.717, 1.165) is 18.9 Å². The van der Waals surface area contributed by atoms with Gasteiger partial charge in [-0.3, -0.25) is 0 Å². The fraction of sp³-hybridized carbons (Fsp3) is 0.625. The predicted octanol–water partition coefficient (Wildman–Crippen LogP) is 2.88. The smallest absolute Gasteiger partial charge is 0.122 e. The lowest BCUT2D eigenvalue weighted by molar-refractivity contribution is 0.0749. The first-order chi connectivity index (χ1) is 9.36. The summed E-state index contributed by atoms with van der Waals surface area (Å²) in [6, 6.07) is 8.09. The number of rotatable bonds is 7. The summed E-state index contributed by atoms with van der Waals surface area (Å²) in [6.45, 7) is 7.72. The molecular weight excluding hydrogens is 238 g/mol. The van der Waals surface area contributed by atoms with Crippen molar-refractivity contribution in [3.05, 3.63) is 29.8 Å². The maximum Gasteiger partial charge on any atom is 0.122 e. The Labute approximate surface area is 116 Å². The van der Waals surface area contributed by atoms with Gasteiger partial charge >= 0.3 is 0 Å². The first-order valence-electron chi connectivity index (χ1n) is 7.35. The normalized spacial score (nSPS) is 16.5. The number of hydrogen-bond acceptors (Lipinski definition) is 3. The van der Waals surface area contributed by atoms with Crippen LogP contribution in [0, 0.1) is 6.92 Å². The second-order valence-electron chi connectivity index (χ2n) is 5.13. The third kappa shape index (κ3) is 5.21. The molecular formula is C16H25NO2. The molecule has 0 N–H and O–H groups in total. The van der Waals surface area contributed by atoms with E-state index >= 15 is 0 Å². The first-order valence-corrected chi connectivity index (χ1v) is 7.35. The van der Waals surface area contributed by atoms with Gasteiger partial charge in [-0.05, 0) is 44.5 Å². The van der Waals surface area contributed by atoms with Gasteiger partial charge in [-0.15, -0.1) is 0 Å². The van der Waals surface area contributed by atoms with Gasteiger partial charge in [0.1, 0.15) is 12.4 Å². The van der Waals surface area contributed by atoms with Crippen LogP contribution in [-0.2, 0) is 4.74 Å². The Morgan fingerprint density at radius 3 is 2.58 bits per heavy atom. The van der Waals surface area contributed by atoms with E-state index < -0.39 is 0 Å². The standard InChI is InChI=1S/C16H25NO2/c1-15-7-3-4-8-16(15)19-14-13-18-12-11-17-9-5-2-6-10-17/h3-4,7-8H,2,5-6,9-14H2,1H3. The summed E-state index contributed by atoms with van der Waals surface area (Å²) in [5.74, 6) is 0.960. The Kier molecular flexibility index (Phi) is 6.18. The van der Waals surface area contributed by atoms with Crippen LogP contribution in [0.25, 0.3) is 0 Å². The van der Waals surface area contributed by atoms with Crippen LogP contribution in [0.1, 0.15) is 24.8 Å². The number of benzene rings is 1. The molecule has 0 unspecified atom stereocenters. The second-order valence-corrected chi connectivity index (χ2v) is 5.13. The van der Waals surface area contributed by atoms with Crippen molar-refractivity contribution in [3.8, 4) is 5.75 Å². The number of hydrogen-bond donors (Lipinski definition) is 0. The molecule has 0 aliphatic carbocycles. The zero-order valence-electron chi connectivity index (χ0n) is 11.9. The molecule has 1 saturated heterocycles. The van der Waals surface area contributed by atoms with Gasteiger partial charge in [0.2, 0.25) is 0 Å². The molecule has 1 aromatic carbocycles. The maximum atomic E-state index is 5.69. The lowest BCUT2D eigenvalue weighted by Gasteiger charge is -2.26. The highest BCUT2D eigenvalue weighted by molar-refractivity contribution is 5.31. The van der Waals surface area contributed by atoms with Crippen LogP contribution < -0.4 is 4.74 Å². The summed E-state index contributed by atoms with van der Waals surface area (Å²) >= 11 is 0. The average molecular weight is 263 g/mol. The molecule has 3 heteroatoms. The summed E-state index contributed by atoms with van der Waals surface area (Å²) in [7, 11) is 0. The van der Waals surface area contributed by atoms with Gasteiger partial charge in [0.15, 0.2) is 0 Å². The molecule has 0 saturated carbocycles. The van der Waals surface area contributed by atoms with Crippen LogP contribution in [-0.4, -0.2) is 44.4 Å². The highest BCUT2D eigenvalue weighted by Gasteiger charge is 2.08. The SMILES string of the molecule is Cc1ccccc1OCCOCCN1CCCCC1. The van der Waals surface area contributed by atoms with Gasteiger partial charge in [0.25, 0.3) is 0 Å². The van der Waals surface area contributed by atoms with E-state index in [4.69, 9.17) is 9.47 Å². The lowest BCUT2D eigenvalue weighted by atomic mass is 10.1. The van der Waals surface area contributed by atoms with Gasteiger partial charge < -0.3 is 14.4 Å². The molecule has 19 heavy (non-hydrogen) atoms. The van der Waals surface area contributed by atoms with Crippen LogP contribution in [0.3, 0.4) is 0 Å². The molecule has 3 nitrogen and oxygen atoms in total. The highest BCUT2D eigenvalue weighted by Crippen LogP contribution is 2.15. The fourth-order valence-electron chi connectivity index (χ4n) is 2.41. The van der Waals surface area contributed by atoms with Crippen molar-refractivity contribution in [2.24, 2.45) is 0 Å². The van der Waals surface area contributed by atoms with Gasteiger partial charge in [-0.25, -0.2) is 0 Å². The quantitative estimate of drug-likeness (QED) is 0.706. The van der Waals surface area contributed by atoms with Gasteiger partial charge in [-0.1, -0.05) is 24.6 Å². The number of nitrogens with zero attached hydrogens (tertiary/aromatic N) is 1. The Bertz CT molecular complexity index is 362. The number of aryl methyl sites for hydroxylation is 1. The van der Waals surface area contributed by atoms with E-state index in [-0.39, 0.29) is 0 Å². The molecule has 1 aliphatic rings. The Hall–Kier alpha value is -1.06.